The van der Waals surface area contributed by atoms with Crippen LogP contribution in [0, 0.1) is 11.3 Å². The molecule has 0 aromatic rings. The lowest BCUT2D eigenvalue weighted by Gasteiger charge is -2.36. The van der Waals surface area contributed by atoms with Crippen molar-refractivity contribution in [2.45, 2.75) is 45.2 Å². The van der Waals surface area contributed by atoms with Gasteiger partial charge in [-0.25, -0.2) is 0 Å². The molecule has 0 radical (unpaired) electrons. The van der Waals surface area contributed by atoms with Crippen molar-refractivity contribution in [2.75, 3.05) is 31.1 Å². The van der Waals surface area contributed by atoms with E-state index in [0.29, 0.717) is 6.04 Å². The average molecular weight is 271 g/mol. The third-order valence-electron chi connectivity index (χ3n) is 3.55. The van der Waals surface area contributed by atoms with Gasteiger partial charge in [-0.15, -0.1) is 0 Å². The summed E-state index contributed by atoms with van der Waals surface area (Å²) < 4.78 is 11.3. The third kappa shape index (κ3) is 4.68. The molecule has 0 aromatic heterocycles. The summed E-state index contributed by atoms with van der Waals surface area (Å²) in [5.74, 6) is 1.55. The highest BCUT2D eigenvalue weighted by molar-refractivity contribution is 7.85. The van der Waals surface area contributed by atoms with Crippen LogP contribution in [0.2, 0.25) is 0 Å². The number of nitrogens with one attached hydrogen (secondary N) is 1. The van der Waals surface area contributed by atoms with Crippen LogP contribution in [0.5, 0.6) is 0 Å². The van der Waals surface area contributed by atoms with Gasteiger partial charge in [-0.2, -0.15) is 5.26 Å². The van der Waals surface area contributed by atoms with Crippen LogP contribution in [0.3, 0.4) is 0 Å². The Labute approximate surface area is 113 Å². The standard InChI is InChI=1S/C13H25N3OS/c1-4-5-15-13(3,11-14)10-12(2)16-6-8-18(17)9-7-16/h12,15H,4-10H2,1-3H3. The molecule has 1 aliphatic heterocycles. The second kappa shape index (κ2) is 7.22. The quantitative estimate of drug-likeness (QED) is 0.786. The summed E-state index contributed by atoms with van der Waals surface area (Å²) in [5.41, 5.74) is -0.452. The Hall–Kier alpha value is -0.440. The van der Waals surface area contributed by atoms with Crippen molar-refractivity contribution < 1.29 is 4.21 Å². The molecule has 0 saturated carbocycles. The molecule has 18 heavy (non-hydrogen) atoms. The fourth-order valence-corrected chi connectivity index (χ4v) is 3.45. The van der Waals surface area contributed by atoms with Gasteiger partial charge < -0.3 is 0 Å². The molecule has 1 N–H and O–H groups in total. The van der Waals surface area contributed by atoms with Crippen LogP contribution >= 0.6 is 0 Å². The first-order valence-corrected chi connectivity index (χ1v) is 8.25. The van der Waals surface area contributed by atoms with Crippen molar-refractivity contribution >= 4 is 10.8 Å². The number of nitriles is 1. The largest absolute Gasteiger partial charge is 0.300 e. The second-order valence-corrected chi connectivity index (χ2v) is 7.00. The van der Waals surface area contributed by atoms with Crippen LogP contribution in [-0.4, -0.2) is 51.8 Å². The lowest BCUT2D eigenvalue weighted by molar-refractivity contribution is 0.191. The molecule has 2 atom stereocenters. The molecular weight excluding hydrogens is 246 g/mol. The van der Waals surface area contributed by atoms with Crippen LogP contribution in [0.1, 0.15) is 33.6 Å². The molecule has 1 aliphatic rings. The summed E-state index contributed by atoms with van der Waals surface area (Å²) in [6.45, 7) is 8.90. The molecule has 1 heterocycles. The van der Waals surface area contributed by atoms with E-state index in [1.807, 2.05) is 6.92 Å². The number of rotatable bonds is 6. The minimum Gasteiger partial charge on any atom is -0.300 e. The van der Waals surface area contributed by atoms with Gasteiger partial charge in [0.25, 0.3) is 0 Å². The summed E-state index contributed by atoms with van der Waals surface area (Å²) in [6.07, 6.45) is 1.85. The fourth-order valence-electron chi connectivity index (χ4n) is 2.37. The molecule has 0 aliphatic carbocycles. The molecule has 1 rings (SSSR count). The van der Waals surface area contributed by atoms with Crippen molar-refractivity contribution in [2.24, 2.45) is 0 Å². The van der Waals surface area contributed by atoms with Gasteiger partial charge in [0.15, 0.2) is 0 Å². The molecule has 0 spiro atoms. The first-order valence-electron chi connectivity index (χ1n) is 6.76. The lowest BCUT2D eigenvalue weighted by atomic mass is 9.94. The van der Waals surface area contributed by atoms with E-state index in [1.165, 1.54) is 0 Å². The summed E-state index contributed by atoms with van der Waals surface area (Å²) in [7, 11) is -0.629. The Kier molecular flexibility index (Phi) is 6.27. The highest BCUT2D eigenvalue weighted by Gasteiger charge is 2.29. The molecule has 0 amide bonds. The fraction of sp³-hybridized carbons (Fsp3) is 0.923. The maximum atomic E-state index is 11.3. The van der Waals surface area contributed by atoms with Gasteiger partial charge in [0.05, 0.1) is 6.07 Å². The molecule has 0 aromatic carbocycles. The SMILES string of the molecule is CCCNC(C)(C#N)CC(C)N1CCS(=O)CC1. The Morgan fingerprint density at radius 2 is 2.11 bits per heavy atom. The first kappa shape index (κ1) is 15.6. The molecule has 1 saturated heterocycles. The topological polar surface area (TPSA) is 56.1 Å². The van der Waals surface area contributed by atoms with E-state index in [2.05, 4.69) is 30.1 Å². The zero-order chi connectivity index (χ0) is 13.6. The molecule has 2 unspecified atom stereocenters. The van der Waals surface area contributed by atoms with E-state index in [1.54, 1.807) is 0 Å². The summed E-state index contributed by atoms with van der Waals surface area (Å²) >= 11 is 0. The van der Waals surface area contributed by atoms with Crippen LogP contribution < -0.4 is 5.32 Å². The predicted molar refractivity (Wildman–Crippen MR) is 75.8 cm³/mol. The van der Waals surface area contributed by atoms with Crippen LogP contribution in [-0.2, 0) is 10.8 Å². The molecule has 104 valence electrons. The first-order chi connectivity index (χ1) is 8.50. The van der Waals surface area contributed by atoms with E-state index >= 15 is 0 Å². The van der Waals surface area contributed by atoms with Gasteiger partial charge in [0.1, 0.15) is 5.54 Å². The van der Waals surface area contributed by atoms with Crippen molar-refractivity contribution in [3.63, 3.8) is 0 Å². The summed E-state index contributed by atoms with van der Waals surface area (Å²) in [5, 5.41) is 12.6. The zero-order valence-electron chi connectivity index (χ0n) is 11.7. The Bertz CT molecular complexity index is 319. The Morgan fingerprint density at radius 1 is 1.50 bits per heavy atom. The monoisotopic (exact) mass is 271 g/mol. The third-order valence-corrected chi connectivity index (χ3v) is 4.83. The Morgan fingerprint density at radius 3 is 2.61 bits per heavy atom. The summed E-state index contributed by atoms with van der Waals surface area (Å²) in [4.78, 5) is 2.35. The van der Waals surface area contributed by atoms with E-state index in [4.69, 9.17) is 0 Å². The van der Waals surface area contributed by atoms with E-state index < -0.39 is 16.3 Å². The van der Waals surface area contributed by atoms with Gasteiger partial charge in [0, 0.05) is 41.4 Å². The van der Waals surface area contributed by atoms with Crippen LogP contribution in [0.4, 0.5) is 0 Å². The van der Waals surface area contributed by atoms with Crippen molar-refractivity contribution in [1.82, 2.24) is 10.2 Å². The smallest absolute Gasteiger partial charge is 0.105 e. The van der Waals surface area contributed by atoms with Crippen LogP contribution in [0.15, 0.2) is 0 Å². The van der Waals surface area contributed by atoms with E-state index in [-0.39, 0.29) is 0 Å². The van der Waals surface area contributed by atoms with Crippen LogP contribution in [0.25, 0.3) is 0 Å². The average Bonchev–Trinajstić information content (AvgIpc) is 2.37. The molecule has 4 nitrogen and oxygen atoms in total. The lowest BCUT2D eigenvalue weighted by Crippen LogP contribution is -2.50. The number of hydrogen-bond donors (Lipinski definition) is 1. The van der Waals surface area contributed by atoms with Crippen molar-refractivity contribution in [3.05, 3.63) is 0 Å². The minimum atomic E-state index is -0.629. The van der Waals surface area contributed by atoms with Gasteiger partial charge >= 0.3 is 0 Å². The normalized spacial score (nSPS) is 23.2. The summed E-state index contributed by atoms with van der Waals surface area (Å²) in [6, 6.07) is 2.75. The van der Waals surface area contributed by atoms with Gasteiger partial charge in [-0.05, 0) is 33.2 Å². The molecule has 0 bridgehead atoms. The maximum absolute atomic E-state index is 11.3. The molecule has 5 heteroatoms. The van der Waals surface area contributed by atoms with E-state index in [9.17, 15) is 9.47 Å². The van der Waals surface area contributed by atoms with E-state index in [0.717, 1.165) is 44.0 Å². The van der Waals surface area contributed by atoms with Gasteiger partial charge in [-0.1, -0.05) is 6.92 Å². The van der Waals surface area contributed by atoms with Gasteiger partial charge in [-0.3, -0.25) is 14.4 Å². The van der Waals surface area contributed by atoms with Crippen molar-refractivity contribution in [1.29, 1.82) is 5.26 Å². The highest BCUT2D eigenvalue weighted by Crippen LogP contribution is 2.17. The Balaban J connectivity index is 2.48. The number of nitrogens with zero attached hydrogens (tertiary/aromatic N) is 2. The maximum Gasteiger partial charge on any atom is 0.105 e. The number of hydrogen-bond acceptors (Lipinski definition) is 4. The molecular formula is C13H25N3OS. The zero-order valence-corrected chi connectivity index (χ0v) is 12.6. The van der Waals surface area contributed by atoms with Crippen molar-refractivity contribution in [3.8, 4) is 6.07 Å². The highest BCUT2D eigenvalue weighted by atomic mass is 32.2. The molecule has 1 fully saturated rings. The van der Waals surface area contributed by atoms with Gasteiger partial charge in [0.2, 0.25) is 0 Å². The minimum absolute atomic E-state index is 0.358. The second-order valence-electron chi connectivity index (χ2n) is 5.31. The predicted octanol–water partition coefficient (Wildman–Crippen LogP) is 1.11.